The van der Waals surface area contributed by atoms with Crippen molar-refractivity contribution in [2.45, 2.75) is 69.4 Å². The van der Waals surface area contributed by atoms with Crippen molar-refractivity contribution in [2.75, 3.05) is 19.7 Å². The molecule has 2 aromatic carbocycles. The fourth-order valence-electron chi connectivity index (χ4n) is 5.33. The third kappa shape index (κ3) is 5.18. The van der Waals surface area contributed by atoms with Crippen LogP contribution in [0.4, 0.5) is 0 Å². The Kier molecular flexibility index (Phi) is 7.12. The van der Waals surface area contributed by atoms with Gasteiger partial charge in [-0.3, -0.25) is 9.59 Å². The first-order valence-electron chi connectivity index (χ1n) is 12.7. The Hall–Kier alpha value is -2.78. The van der Waals surface area contributed by atoms with Crippen LogP contribution in [0.1, 0.15) is 37.8 Å². The van der Waals surface area contributed by atoms with Crippen LogP contribution in [-0.2, 0) is 36.6 Å². The van der Waals surface area contributed by atoms with Crippen molar-refractivity contribution < 1.29 is 23.8 Å². The van der Waals surface area contributed by atoms with Gasteiger partial charge in [0.15, 0.2) is 0 Å². The van der Waals surface area contributed by atoms with Gasteiger partial charge in [0.05, 0.1) is 19.7 Å². The Morgan fingerprint density at radius 1 is 0.806 bits per heavy atom. The van der Waals surface area contributed by atoms with Crippen LogP contribution in [0.5, 0.6) is 0 Å². The van der Waals surface area contributed by atoms with Gasteiger partial charge in [-0.15, -0.1) is 0 Å². The summed E-state index contributed by atoms with van der Waals surface area (Å²) >= 11 is 0. The van der Waals surface area contributed by atoms with E-state index in [4.69, 9.17) is 14.2 Å². The van der Waals surface area contributed by atoms with Gasteiger partial charge in [0.1, 0.15) is 29.9 Å². The van der Waals surface area contributed by atoms with Crippen LogP contribution in [-0.4, -0.2) is 66.3 Å². The highest BCUT2D eigenvalue weighted by Crippen LogP contribution is 2.48. The SMILES string of the molecule is C[C@@]1(CNC(=O)CCc2ccccc2)O[C@H]2CO[C@@H]3N2[C@H]1O[C@@]3(C)CNC(=O)CCc1ccccc1. The molecule has 0 spiro atoms. The summed E-state index contributed by atoms with van der Waals surface area (Å²) in [6.07, 6.45) is 1.28. The molecule has 2 N–H and O–H groups in total. The highest BCUT2D eigenvalue weighted by Gasteiger charge is 2.67. The van der Waals surface area contributed by atoms with Crippen molar-refractivity contribution in [3.05, 3.63) is 71.8 Å². The molecule has 3 heterocycles. The number of rotatable bonds is 10. The summed E-state index contributed by atoms with van der Waals surface area (Å²) in [5.74, 6) is -0.0371. The highest BCUT2D eigenvalue weighted by atomic mass is 16.7. The summed E-state index contributed by atoms with van der Waals surface area (Å²) in [5.41, 5.74) is 0.837. The van der Waals surface area contributed by atoms with Gasteiger partial charge in [-0.05, 0) is 37.8 Å². The number of carbonyl (C=O) groups excluding carboxylic acids is 2. The topological polar surface area (TPSA) is 89.1 Å². The second-order valence-electron chi connectivity index (χ2n) is 10.3. The Morgan fingerprint density at radius 2 is 1.31 bits per heavy atom. The Bertz CT molecular complexity index is 1010. The average Bonchev–Trinajstić information content (AvgIpc) is 3.53. The third-order valence-corrected chi connectivity index (χ3v) is 7.34. The zero-order chi connectivity index (χ0) is 25.2. The summed E-state index contributed by atoms with van der Waals surface area (Å²) in [5, 5.41) is 6.07. The number of benzene rings is 2. The Morgan fingerprint density at radius 3 is 1.83 bits per heavy atom. The summed E-state index contributed by atoms with van der Waals surface area (Å²) < 4.78 is 18.8. The predicted molar refractivity (Wildman–Crippen MR) is 134 cm³/mol. The maximum Gasteiger partial charge on any atom is 0.220 e. The predicted octanol–water partition coefficient (Wildman–Crippen LogP) is 2.37. The zero-order valence-electron chi connectivity index (χ0n) is 20.9. The summed E-state index contributed by atoms with van der Waals surface area (Å²) in [4.78, 5) is 27.2. The number of ether oxygens (including phenoxy) is 3. The quantitative estimate of drug-likeness (QED) is 0.528. The number of hydrogen-bond donors (Lipinski definition) is 2. The van der Waals surface area contributed by atoms with Crippen LogP contribution >= 0.6 is 0 Å². The molecule has 0 unspecified atom stereocenters. The van der Waals surface area contributed by atoms with Crippen LogP contribution in [0.25, 0.3) is 0 Å². The van der Waals surface area contributed by atoms with Crippen molar-refractivity contribution in [1.29, 1.82) is 0 Å². The van der Waals surface area contributed by atoms with Gasteiger partial charge < -0.3 is 24.8 Å². The number of aryl methyl sites for hydroxylation is 2. The second-order valence-corrected chi connectivity index (χ2v) is 10.3. The third-order valence-electron chi connectivity index (χ3n) is 7.34. The molecule has 3 aliphatic rings. The normalized spacial score (nSPS) is 30.8. The van der Waals surface area contributed by atoms with Gasteiger partial charge >= 0.3 is 0 Å². The molecule has 5 atom stereocenters. The minimum absolute atomic E-state index is 0.0185. The van der Waals surface area contributed by atoms with Gasteiger partial charge in [0.2, 0.25) is 11.8 Å². The van der Waals surface area contributed by atoms with E-state index >= 15 is 0 Å². The molecule has 3 fully saturated rings. The Balaban J connectivity index is 1.14. The first-order chi connectivity index (χ1) is 17.4. The molecule has 36 heavy (non-hydrogen) atoms. The van der Waals surface area contributed by atoms with Gasteiger partial charge in [0, 0.05) is 12.8 Å². The molecule has 0 radical (unpaired) electrons. The van der Waals surface area contributed by atoms with E-state index in [0.717, 1.165) is 11.1 Å². The van der Waals surface area contributed by atoms with Gasteiger partial charge in [-0.2, -0.15) is 0 Å². The number of amides is 2. The van der Waals surface area contributed by atoms with E-state index in [-0.39, 0.29) is 30.5 Å². The number of nitrogens with one attached hydrogen (secondary N) is 2. The van der Waals surface area contributed by atoms with Crippen LogP contribution in [0.15, 0.2) is 60.7 Å². The minimum Gasteiger partial charge on any atom is -0.356 e. The lowest BCUT2D eigenvalue weighted by Crippen LogP contribution is -2.51. The van der Waals surface area contributed by atoms with E-state index < -0.39 is 11.2 Å². The van der Waals surface area contributed by atoms with E-state index in [1.165, 1.54) is 0 Å². The van der Waals surface area contributed by atoms with E-state index in [1.807, 2.05) is 74.5 Å². The van der Waals surface area contributed by atoms with Crippen molar-refractivity contribution in [3.8, 4) is 0 Å². The molecule has 8 heteroatoms. The lowest BCUT2D eigenvalue weighted by molar-refractivity contribution is -0.138. The summed E-state index contributed by atoms with van der Waals surface area (Å²) in [7, 11) is 0. The van der Waals surface area contributed by atoms with Crippen LogP contribution in [0.2, 0.25) is 0 Å². The monoisotopic (exact) mass is 493 g/mol. The van der Waals surface area contributed by atoms with Gasteiger partial charge in [-0.25, -0.2) is 4.90 Å². The molecule has 192 valence electrons. The number of nitrogens with zero attached hydrogens (tertiary/aromatic N) is 1. The zero-order valence-corrected chi connectivity index (χ0v) is 20.9. The highest BCUT2D eigenvalue weighted by molar-refractivity contribution is 5.76. The van der Waals surface area contributed by atoms with Crippen molar-refractivity contribution in [3.63, 3.8) is 0 Å². The molecule has 0 bridgehead atoms. The maximum atomic E-state index is 12.5. The van der Waals surface area contributed by atoms with E-state index in [0.29, 0.717) is 45.4 Å². The molecule has 0 saturated carbocycles. The fraction of sp³-hybridized carbons (Fsp3) is 0.500. The van der Waals surface area contributed by atoms with Crippen LogP contribution in [0, 0.1) is 0 Å². The molecule has 5 rings (SSSR count). The molecular weight excluding hydrogens is 458 g/mol. The lowest BCUT2D eigenvalue weighted by atomic mass is 10.0. The molecule has 3 saturated heterocycles. The fourth-order valence-corrected chi connectivity index (χ4v) is 5.33. The average molecular weight is 494 g/mol. The van der Waals surface area contributed by atoms with E-state index in [1.54, 1.807) is 0 Å². The maximum absolute atomic E-state index is 12.5. The molecule has 2 amide bonds. The number of hydrogen-bond acceptors (Lipinski definition) is 6. The van der Waals surface area contributed by atoms with Crippen molar-refractivity contribution in [2.24, 2.45) is 0 Å². The molecule has 3 aliphatic heterocycles. The second kappa shape index (κ2) is 10.3. The van der Waals surface area contributed by atoms with Crippen LogP contribution in [0.3, 0.4) is 0 Å². The van der Waals surface area contributed by atoms with Gasteiger partial charge in [0.25, 0.3) is 0 Å². The van der Waals surface area contributed by atoms with E-state index in [2.05, 4.69) is 15.5 Å². The molecule has 0 aromatic heterocycles. The molecule has 0 aliphatic carbocycles. The van der Waals surface area contributed by atoms with Crippen molar-refractivity contribution in [1.82, 2.24) is 15.5 Å². The smallest absolute Gasteiger partial charge is 0.220 e. The molecule has 2 aromatic rings. The Labute approximate surface area is 212 Å². The first-order valence-corrected chi connectivity index (χ1v) is 12.7. The first kappa shape index (κ1) is 24.9. The molecular formula is C28H35N3O5. The molecule has 8 nitrogen and oxygen atoms in total. The standard InChI is InChI=1S/C28H35N3O5/c1-27(18-29-22(32)15-13-20-9-5-3-6-10-20)25-31-24(17-34-25)35-28(2,26(31)36-27)19-30-23(33)16-14-21-11-7-4-8-12-21/h3-12,24-26H,13-19H2,1-2H3,(H,29,32)(H,30,33)/t24-,25-,26-,27-,28-/m0/s1. The number of carbonyl (C=O) groups is 2. The minimum atomic E-state index is -0.718. The van der Waals surface area contributed by atoms with E-state index in [9.17, 15) is 9.59 Å². The lowest BCUT2D eigenvalue weighted by Gasteiger charge is -2.32. The summed E-state index contributed by atoms with van der Waals surface area (Å²) in [6.45, 7) is 5.04. The summed E-state index contributed by atoms with van der Waals surface area (Å²) in [6, 6.07) is 20.0. The van der Waals surface area contributed by atoms with Crippen molar-refractivity contribution >= 4 is 11.8 Å². The van der Waals surface area contributed by atoms with Crippen LogP contribution < -0.4 is 10.6 Å². The largest absolute Gasteiger partial charge is 0.356 e. The van der Waals surface area contributed by atoms with Gasteiger partial charge in [-0.1, -0.05) is 60.7 Å².